The first kappa shape index (κ1) is 21.6. The molecule has 0 aliphatic carbocycles. The van der Waals surface area contributed by atoms with Gasteiger partial charge in [0.1, 0.15) is 5.82 Å². The number of anilines is 2. The lowest BCUT2D eigenvalue weighted by Gasteiger charge is -2.05. The van der Waals surface area contributed by atoms with Gasteiger partial charge in [-0.05, 0) is 42.5 Å². The Labute approximate surface area is 184 Å². The summed E-state index contributed by atoms with van der Waals surface area (Å²) in [6, 6.07) is 10.4. The van der Waals surface area contributed by atoms with Crippen molar-refractivity contribution in [1.82, 2.24) is 4.98 Å². The quantitative estimate of drug-likeness (QED) is 0.448. The van der Waals surface area contributed by atoms with Gasteiger partial charge in [-0.15, -0.1) is 11.3 Å². The molecule has 0 spiro atoms. The fourth-order valence-corrected chi connectivity index (χ4v) is 4.18. The minimum atomic E-state index is -0.365. The molecule has 0 saturated carbocycles. The largest absolute Gasteiger partial charge is 0.326 e. The van der Waals surface area contributed by atoms with Crippen LogP contribution in [-0.2, 0) is 16.0 Å². The Morgan fingerprint density at radius 2 is 1.69 bits per heavy atom. The zero-order valence-corrected chi connectivity index (χ0v) is 17.9. The maximum atomic E-state index is 12.9. The summed E-state index contributed by atoms with van der Waals surface area (Å²) in [5.74, 6) is -0.675. The molecular weight excluding hydrogens is 456 g/mol. The summed E-state index contributed by atoms with van der Waals surface area (Å²) in [5.41, 5.74) is 1.68. The van der Waals surface area contributed by atoms with Gasteiger partial charge in [0.25, 0.3) is 0 Å². The third-order valence-electron chi connectivity index (χ3n) is 3.53. The minimum Gasteiger partial charge on any atom is -0.326 e. The number of amides is 2. The predicted molar refractivity (Wildman–Crippen MR) is 117 cm³/mol. The summed E-state index contributed by atoms with van der Waals surface area (Å²) < 4.78 is 13.6. The van der Waals surface area contributed by atoms with Crippen LogP contribution in [0, 0.1) is 5.82 Å². The van der Waals surface area contributed by atoms with Crippen LogP contribution < -0.4 is 10.6 Å². The van der Waals surface area contributed by atoms with Crippen LogP contribution in [-0.4, -0.2) is 22.6 Å². The number of carbonyl (C=O) groups is 2. The standard InChI is InChI=1S/C19H14Cl2FN3O2S2/c20-15-6-5-13(7-16(15)21)24-17(26)8-14-9-28-19(25-14)29-10-18(27)23-12-3-1-11(22)2-4-12/h1-7,9H,8,10H2,(H,23,27)(H,24,26). The highest BCUT2D eigenvalue weighted by Gasteiger charge is 2.11. The van der Waals surface area contributed by atoms with Crippen molar-refractivity contribution in [1.29, 1.82) is 0 Å². The Balaban J connectivity index is 1.47. The second-order valence-electron chi connectivity index (χ2n) is 5.80. The van der Waals surface area contributed by atoms with Crippen molar-refractivity contribution in [3.63, 3.8) is 0 Å². The molecule has 150 valence electrons. The van der Waals surface area contributed by atoms with Gasteiger partial charge in [0.2, 0.25) is 11.8 Å². The Hall–Kier alpha value is -2.13. The highest BCUT2D eigenvalue weighted by atomic mass is 35.5. The lowest BCUT2D eigenvalue weighted by Crippen LogP contribution is -2.15. The number of nitrogens with zero attached hydrogens (tertiary/aromatic N) is 1. The number of carbonyl (C=O) groups excluding carboxylic acids is 2. The van der Waals surface area contributed by atoms with Crippen molar-refractivity contribution in [3.05, 3.63) is 69.4 Å². The van der Waals surface area contributed by atoms with Crippen molar-refractivity contribution < 1.29 is 14.0 Å². The van der Waals surface area contributed by atoms with Gasteiger partial charge in [-0.1, -0.05) is 35.0 Å². The van der Waals surface area contributed by atoms with Crippen LogP contribution in [0.15, 0.2) is 52.2 Å². The zero-order chi connectivity index (χ0) is 20.8. The SMILES string of the molecule is O=C(CSc1nc(CC(=O)Nc2ccc(Cl)c(Cl)c2)cs1)Nc1ccc(F)cc1. The van der Waals surface area contributed by atoms with Crippen LogP contribution in [0.2, 0.25) is 10.0 Å². The molecule has 0 bridgehead atoms. The second-order valence-corrected chi connectivity index (χ2v) is 8.70. The van der Waals surface area contributed by atoms with Gasteiger partial charge >= 0.3 is 0 Å². The second kappa shape index (κ2) is 10.1. The summed E-state index contributed by atoms with van der Waals surface area (Å²) in [5, 5.41) is 7.96. The first-order valence-electron chi connectivity index (χ1n) is 8.26. The van der Waals surface area contributed by atoms with E-state index in [9.17, 15) is 14.0 Å². The number of aromatic nitrogens is 1. The summed E-state index contributed by atoms with van der Waals surface area (Å²) >= 11 is 14.4. The Morgan fingerprint density at radius 3 is 2.41 bits per heavy atom. The van der Waals surface area contributed by atoms with Crippen molar-refractivity contribution in [2.24, 2.45) is 0 Å². The van der Waals surface area contributed by atoms with Crippen molar-refractivity contribution >= 4 is 69.5 Å². The van der Waals surface area contributed by atoms with Gasteiger partial charge in [-0.3, -0.25) is 9.59 Å². The molecule has 29 heavy (non-hydrogen) atoms. The number of hydrogen-bond acceptors (Lipinski definition) is 5. The van der Waals surface area contributed by atoms with E-state index >= 15 is 0 Å². The molecule has 0 saturated heterocycles. The molecule has 3 rings (SSSR count). The fourth-order valence-electron chi connectivity index (χ4n) is 2.24. The minimum absolute atomic E-state index is 0.0963. The molecule has 0 aliphatic heterocycles. The average molecular weight is 470 g/mol. The molecule has 2 amide bonds. The van der Waals surface area contributed by atoms with Crippen LogP contribution in [0.5, 0.6) is 0 Å². The molecule has 0 fully saturated rings. The molecule has 10 heteroatoms. The molecule has 2 aromatic carbocycles. The summed E-state index contributed by atoms with van der Waals surface area (Å²) in [6.07, 6.45) is 0.0963. The van der Waals surface area contributed by atoms with Crippen molar-refractivity contribution in [2.45, 2.75) is 10.8 Å². The number of benzene rings is 2. The normalized spacial score (nSPS) is 10.6. The highest BCUT2D eigenvalue weighted by molar-refractivity contribution is 8.01. The van der Waals surface area contributed by atoms with E-state index in [1.165, 1.54) is 47.4 Å². The molecule has 0 atom stereocenters. The van der Waals surface area contributed by atoms with E-state index in [-0.39, 0.29) is 29.8 Å². The third kappa shape index (κ3) is 6.71. The van der Waals surface area contributed by atoms with Gasteiger partial charge in [0.05, 0.1) is 27.9 Å². The van der Waals surface area contributed by atoms with Crippen LogP contribution in [0.25, 0.3) is 0 Å². The highest BCUT2D eigenvalue weighted by Crippen LogP contribution is 2.26. The lowest BCUT2D eigenvalue weighted by atomic mass is 10.3. The number of halogens is 3. The maximum absolute atomic E-state index is 12.9. The van der Waals surface area contributed by atoms with E-state index in [2.05, 4.69) is 15.6 Å². The number of rotatable bonds is 7. The molecule has 3 aromatic rings. The Morgan fingerprint density at radius 1 is 1.00 bits per heavy atom. The van der Waals surface area contributed by atoms with Gasteiger partial charge in [0, 0.05) is 16.8 Å². The van der Waals surface area contributed by atoms with Crippen LogP contribution in [0.4, 0.5) is 15.8 Å². The van der Waals surface area contributed by atoms with E-state index in [0.29, 0.717) is 31.5 Å². The van der Waals surface area contributed by atoms with Gasteiger partial charge in [-0.2, -0.15) is 0 Å². The van der Waals surface area contributed by atoms with E-state index in [4.69, 9.17) is 23.2 Å². The Bertz CT molecular complexity index is 1030. The molecule has 0 unspecified atom stereocenters. The number of thiazole rings is 1. The summed E-state index contributed by atoms with van der Waals surface area (Å²) in [6.45, 7) is 0. The first-order valence-corrected chi connectivity index (χ1v) is 10.9. The predicted octanol–water partition coefficient (Wildman–Crippen LogP) is 5.50. The van der Waals surface area contributed by atoms with Crippen LogP contribution in [0.1, 0.15) is 5.69 Å². The van der Waals surface area contributed by atoms with E-state index in [1.807, 2.05) is 0 Å². The summed E-state index contributed by atoms with van der Waals surface area (Å²) in [4.78, 5) is 28.5. The average Bonchev–Trinajstić information content (AvgIpc) is 3.12. The fraction of sp³-hybridized carbons (Fsp3) is 0.105. The Kier molecular flexibility index (Phi) is 7.49. The van der Waals surface area contributed by atoms with E-state index in [0.717, 1.165) is 0 Å². The van der Waals surface area contributed by atoms with E-state index in [1.54, 1.807) is 23.6 Å². The van der Waals surface area contributed by atoms with Gasteiger partial charge in [-0.25, -0.2) is 9.37 Å². The van der Waals surface area contributed by atoms with Crippen molar-refractivity contribution in [3.8, 4) is 0 Å². The molecule has 0 radical (unpaired) electrons. The van der Waals surface area contributed by atoms with Crippen LogP contribution in [0.3, 0.4) is 0 Å². The molecule has 2 N–H and O–H groups in total. The number of hydrogen-bond donors (Lipinski definition) is 2. The molecule has 0 aliphatic rings. The molecule has 1 heterocycles. The first-order chi connectivity index (χ1) is 13.9. The lowest BCUT2D eigenvalue weighted by molar-refractivity contribution is -0.116. The zero-order valence-electron chi connectivity index (χ0n) is 14.7. The van der Waals surface area contributed by atoms with Crippen LogP contribution >= 0.6 is 46.3 Å². The van der Waals surface area contributed by atoms with Crippen molar-refractivity contribution in [2.75, 3.05) is 16.4 Å². The van der Waals surface area contributed by atoms with Gasteiger partial charge < -0.3 is 10.6 Å². The third-order valence-corrected chi connectivity index (χ3v) is 6.34. The molecule has 5 nitrogen and oxygen atoms in total. The monoisotopic (exact) mass is 469 g/mol. The number of nitrogens with one attached hydrogen (secondary N) is 2. The van der Waals surface area contributed by atoms with Gasteiger partial charge in [0.15, 0.2) is 4.34 Å². The smallest absolute Gasteiger partial charge is 0.234 e. The molecular formula is C19H14Cl2FN3O2S2. The molecule has 1 aromatic heterocycles. The topological polar surface area (TPSA) is 71.1 Å². The summed E-state index contributed by atoms with van der Waals surface area (Å²) in [7, 11) is 0. The number of thioether (sulfide) groups is 1. The van der Waals surface area contributed by atoms with E-state index < -0.39 is 0 Å². The maximum Gasteiger partial charge on any atom is 0.234 e.